The van der Waals surface area contributed by atoms with Gasteiger partial charge >= 0.3 is 0 Å². The van der Waals surface area contributed by atoms with Crippen molar-refractivity contribution in [2.45, 2.75) is 25.8 Å². The van der Waals surface area contributed by atoms with E-state index in [-0.39, 0.29) is 18.6 Å². The number of hydrogen-bond acceptors (Lipinski definition) is 3. The van der Waals surface area contributed by atoms with Gasteiger partial charge in [0.1, 0.15) is 6.61 Å². The molecule has 0 spiro atoms. The maximum atomic E-state index is 12.4. The van der Waals surface area contributed by atoms with E-state index in [9.17, 15) is 4.79 Å². The van der Waals surface area contributed by atoms with Crippen molar-refractivity contribution in [3.05, 3.63) is 34.9 Å². The van der Waals surface area contributed by atoms with Crippen LogP contribution in [0.5, 0.6) is 0 Å². The highest BCUT2D eigenvalue weighted by molar-refractivity contribution is 7.99. The lowest BCUT2D eigenvalue weighted by Gasteiger charge is -2.22. The monoisotopic (exact) mass is 289 g/mol. The number of amides is 1. The van der Waals surface area contributed by atoms with Gasteiger partial charge in [0.05, 0.1) is 5.56 Å². The Morgan fingerprint density at radius 1 is 1.55 bits per heavy atom. The maximum Gasteiger partial charge on any atom is 0.252 e. The number of nitrogens with one attached hydrogen (secondary N) is 1. The minimum absolute atomic E-state index is 0.0663. The first-order valence-corrected chi connectivity index (χ1v) is 7.95. The lowest BCUT2D eigenvalue weighted by molar-refractivity contribution is 0.0938. The fourth-order valence-corrected chi connectivity index (χ4v) is 3.28. The Balaban J connectivity index is 2.16. The SMILES string of the molecule is Cc1ccc(C#CCO)c(C(=O)NC2CCCSC2)c1. The first kappa shape index (κ1) is 15.0. The number of rotatable bonds is 2. The molecule has 1 aliphatic rings. The van der Waals surface area contributed by atoms with Crippen LogP contribution in [-0.2, 0) is 0 Å². The Labute approximate surface area is 124 Å². The van der Waals surface area contributed by atoms with Crippen LogP contribution >= 0.6 is 11.8 Å². The summed E-state index contributed by atoms with van der Waals surface area (Å²) in [5, 5.41) is 11.9. The summed E-state index contributed by atoms with van der Waals surface area (Å²) in [4.78, 5) is 12.4. The summed E-state index contributed by atoms with van der Waals surface area (Å²) in [5.74, 6) is 7.55. The number of carbonyl (C=O) groups excluding carboxylic acids is 1. The summed E-state index contributed by atoms with van der Waals surface area (Å²) in [6.07, 6.45) is 2.20. The molecule has 1 aromatic rings. The molecule has 0 saturated carbocycles. The van der Waals surface area contributed by atoms with Crippen molar-refractivity contribution in [2.24, 2.45) is 0 Å². The second-order valence-corrected chi connectivity index (χ2v) is 6.05. The van der Waals surface area contributed by atoms with Gasteiger partial charge in [0.2, 0.25) is 0 Å². The molecule has 106 valence electrons. The molecule has 0 bridgehead atoms. The second kappa shape index (κ2) is 7.37. The lowest BCUT2D eigenvalue weighted by Crippen LogP contribution is -2.38. The standard InChI is InChI=1S/C16H19NO2S/c1-12-6-7-13(4-2-8-18)15(10-12)16(19)17-14-5-3-9-20-11-14/h6-7,10,14,18H,3,5,8-9,11H2,1H3,(H,17,19). The molecule has 1 aromatic carbocycles. The summed E-state index contributed by atoms with van der Waals surface area (Å²) in [6.45, 7) is 1.75. The zero-order valence-electron chi connectivity index (χ0n) is 11.6. The normalized spacial score (nSPS) is 18.0. The van der Waals surface area contributed by atoms with Crippen LogP contribution in [0.4, 0.5) is 0 Å². The van der Waals surface area contributed by atoms with Gasteiger partial charge in [0.15, 0.2) is 0 Å². The molecule has 3 nitrogen and oxygen atoms in total. The highest BCUT2D eigenvalue weighted by Gasteiger charge is 2.18. The van der Waals surface area contributed by atoms with Crippen molar-refractivity contribution >= 4 is 17.7 Å². The minimum Gasteiger partial charge on any atom is -0.384 e. The maximum absolute atomic E-state index is 12.4. The molecule has 1 fully saturated rings. The van der Waals surface area contributed by atoms with Crippen LogP contribution < -0.4 is 5.32 Å². The molecule has 20 heavy (non-hydrogen) atoms. The zero-order valence-corrected chi connectivity index (χ0v) is 12.4. The summed E-state index contributed by atoms with van der Waals surface area (Å²) in [7, 11) is 0. The lowest BCUT2D eigenvalue weighted by atomic mass is 10.0. The first-order chi connectivity index (χ1) is 9.70. The van der Waals surface area contributed by atoms with Crippen molar-refractivity contribution in [1.82, 2.24) is 5.32 Å². The van der Waals surface area contributed by atoms with E-state index in [1.807, 2.05) is 36.9 Å². The predicted octanol–water partition coefficient (Wildman–Crippen LogP) is 1.96. The van der Waals surface area contributed by atoms with Gasteiger partial charge < -0.3 is 10.4 Å². The van der Waals surface area contributed by atoms with E-state index in [1.165, 1.54) is 5.75 Å². The third-order valence-electron chi connectivity index (χ3n) is 3.22. The molecule has 0 aromatic heterocycles. The molecule has 0 radical (unpaired) electrons. The number of carbonyl (C=O) groups is 1. The number of aryl methyl sites for hydroxylation is 1. The molecule has 2 rings (SSSR count). The van der Waals surface area contributed by atoms with E-state index in [0.717, 1.165) is 24.2 Å². The van der Waals surface area contributed by atoms with E-state index in [0.29, 0.717) is 11.1 Å². The van der Waals surface area contributed by atoms with Gasteiger partial charge in [-0.3, -0.25) is 4.79 Å². The Kier molecular flexibility index (Phi) is 5.51. The first-order valence-electron chi connectivity index (χ1n) is 6.79. The Hall–Kier alpha value is -1.44. The van der Waals surface area contributed by atoms with Gasteiger partial charge in [-0.1, -0.05) is 23.5 Å². The van der Waals surface area contributed by atoms with E-state index in [1.54, 1.807) is 0 Å². The Morgan fingerprint density at radius 3 is 3.10 bits per heavy atom. The average molecular weight is 289 g/mol. The highest BCUT2D eigenvalue weighted by Crippen LogP contribution is 2.18. The van der Waals surface area contributed by atoms with Crippen LogP contribution in [0.2, 0.25) is 0 Å². The molecule has 4 heteroatoms. The topological polar surface area (TPSA) is 49.3 Å². The quantitative estimate of drug-likeness (QED) is 0.818. The molecular weight excluding hydrogens is 270 g/mol. The van der Waals surface area contributed by atoms with Gasteiger partial charge in [0.25, 0.3) is 5.91 Å². The number of thioether (sulfide) groups is 1. The van der Waals surface area contributed by atoms with Crippen molar-refractivity contribution in [1.29, 1.82) is 0 Å². The summed E-state index contributed by atoms with van der Waals surface area (Å²) in [6, 6.07) is 5.87. The van der Waals surface area contributed by atoms with Crippen LogP contribution in [0.1, 0.15) is 34.3 Å². The van der Waals surface area contributed by atoms with Crippen LogP contribution in [0.25, 0.3) is 0 Å². The third kappa shape index (κ3) is 4.03. The number of benzene rings is 1. The van der Waals surface area contributed by atoms with Crippen molar-refractivity contribution in [2.75, 3.05) is 18.1 Å². The summed E-state index contributed by atoms with van der Waals surface area (Å²) >= 11 is 1.89. The van der Waals surface area contributed by atoms with Gasteiger partial charge in [-0.25, -0.2) is 0 Å². The molecule has 2 N–H and O–H groups in total. The highest BCUT2D eigenvalue weighted by atomic mass is 32.2. The second-order valence-electron chi connectivity index (χ2n) is 4.90. The number of aliphatic hydroxyl groups is 1. The molecule has 1 atom stereocenters. The van der Waals surface area contributed by atoms with Crippen LogP contribution in [0.3, 0.4) is 0 Å². The fraction of sp³-hybridized carbons (Fsp3) is 0.438. The molecular formula is C16H19NO2S. The van der Waals surface area contributed by atoms with Crippen LogP contribution in [-0.4, -0.2) is 35.2 Å². The number of aliphatic hydroxyl groups excluding tert-OH is 1. The Morgan fingerprint density at radius 2 is 2.40 bits per heavy atom. The third-order valence-corrected chi connectivity index (χ3v) is 4.43. The van der Waals surface area contributed by atoms with Gasteiger partial charge in [-0.05, 0) is 37.7 Å². The van der Waals surface area contributed by atoms with Crippen LogP contribution in [0.15, 0.2) is 18.2 Å². The number of hydrogen-bond donors (Lipinski definition) is 2. The fourth-order valence-electron chi connectivity index (χ4n) is 2.21. The van der Waals surface area contributed by atoms with Gasteiger partial charge in [0, 0.05) is 17.4 Å². The van der Waals surface area contributed by atoms with E-state index >= 15 is 0 Å². The van der Waals surface area contributed by atoms with Crippen molar-refractivity contribution in [3.8, 4) is 11.8 Å². The van der Waals surface area contributed by atoms with Crippen LogP contribution in [0, 0.1) is 18.8 Å². The minimum atomic E-state index is -0.200. The molecule has 1 saturated heterocycles. The van der Waals surface area contributed by atoms with E-state index < -0.39 is 0 Å². The Bertz CT molecular complexity index is 539. The van der Waals surface area contributed by atoms with Gasteiger partial charge in [-0.15, -0.1) is 0 Å². The van der Waals surface area contributed by atoms with Gasteiger partial charge in [-0.2, -0.15) is 11.8 Å². The predicted molar refractivity (Wildman–Crippen MR) is 83.0 cm³/mol. The molecule has 1 heterocycles. The largest absolute Gasteiger partial charge is 0.384 e. The zero-order chi connectivity index (χ0) is 14.4. The summed E-state index contributed by atoms with van der Waals surface area (Å²) in [5.41, 5.74) is 2.30. The average Bonchev–Trinajstić information content (AvgIpc) is 2.47. The van der Waals surface area contributed by atoms with Crippen molar-refractivity contribution in [3.63, 3.8) is 0 Å². The smallest absolute Gasteiger partial charge is 0.252 e. The molecule has 0 aliphatic carbocycles. The van der Waals surface area contributed by atoms with E-state index in [2.05, 4.69) is 17.2 Å². The summed E-state index contributed by atoms with van der Waals surface area (Å²) < 4.78 is 0. The molecule has 1 aliphatic heterocycles. The van der Waals surface area contributed by atoms with E-state index in [4.69, 9.17) is 5.11 Å². The molecule has 1 unspecified atom stereocenters. The molecule has 1 amide bonds. The van der Waals surface area contributed by atoms with Crippen molar-refractivity contribution < 1.29 is 9.90 Å².